The van der Waals surface area contributed by atoms with Crippen LogP contribution in [0.2, 0.25) is 0 Å². The molecule has 1 saturated carbocycles. The van der Waals surface area contributed by atoms with Gasteiger partial charge in [-0.05, 0) is 67.1 Å². The summed E-state index contributed by atoms with van der Waals surface area (Å²) in [6, 6.07) is 21.8. The largest absolute Gasteiger partial charge is 0.352 e. The Hall–Kier alpha value is -3.17. The van der Waals surface area contributed by atoms with Crippen LogP contribution < -0.4 is 9.62 Å². The van der Waals surface area contributed by atoms with E-state index >= 15 is 0 Å². The van der Waals surface area contributed by atoms with Crippen molar-refractivity contribution in [3.8, 4) is 0 Å². The van der Waals surface area contributed by atoms with Gasteiger partial charge in [-0.15, -0.1) is 0 Å². The SMILES string of the molecule is Cc1cc(N(CC(=O)N(Cc2ccccc2C)[C@H](Cc2ccccc2)C(=O)NC2CCCC2)S(C)(=O)=O)ccc1Br. The molecule has 3 aromatic rings. The molecule has 218 valence electrons. The highest BCUT2D eigenvalue weighted by Gasteiger charge is 2.34. The van der Waals surface area contributed by atoms with E-state index in [1.54, 1.807) is 23.1 Å². The van der Waals surface area contributed by atoms with Crippen molar-refractivity contribution < 1.29 is 18.0 Å². The fourth-order valence-electron chi connectivity index (χ4n) is 5.29. The number of carbonyl (C=O) groups is 2. The molecule has 1 aliphatic carbocycles. The van der Waals surface area contributed by atoms with Crippen LogP contribution in [0.15, 0.2) is 77.3 Å². The number of benzene rings is 3. The summed E-state index contributed by atoms with van der Waals surface area (Å²) in [5.41, 5.74) is 4.05. The van der Waals surface area contributed by atoms with E-state index in [-0.39, 0.29) is 18.5 Å². The van der Waals surface area contributed by atoms with E-state index in [2.05, 4.69) is 21.2 Å². The normalized spacial score (nSPS) is 14.4. The van der Waals surface area contributed by atoms with E-state index in [1.807, 2.05) is 68.4 Å². The van der Waals surface area contributed by atoms with Crippen LogP contribution in [0.25, 0.3) is 0 Å². The van der Waals surface area contributed by atoms with Crippen LogP contribution in [0, 0.1) is 13.8 Å². The standard InChI is InChI=1S/C32H38BrN3O4S/c1-23-11-7-8-14-26(23)21-35(31(37)22-36(41(3,39)40)28-17-18-29(33)24(2)19-28)30(20-25-12-5-4-6-13-25)32(38)34-27-15-9-10-16-27/h4-8,11-14,17-19,27,30H,9-10,15-16,20-22H2,1-3H3,(H,34,38)/t30-/m1/s1. The summed E-state index contributed by atoms with van der Waals surface area (Å²) in [7, 11) is -3.81. The summed E-state index contributed by atoms with van der Waals surface area (Å²) >= 11 is 3.46. The third-order valence-electron chi connectivity index (χ3n) is 7.68. The first-order valence-electron chi connectivity index (χ1n) is 13.9. The molecule has 3 aromatic carbocycles. The van der Waals surface area contributed by atoms with E-state index in [0.717, 1.165) is 63.0 Å². The summed E-state index contributed by atoms with van der Waals surface area (Å²) < 4.78 is 27.9. The minimum Gasteiger partial charge on any atom is -0.352 e. The molecule has 0 unspecified atom stereocenters. The van der Waals surface area contributed by atoms with Gasteiger partial charge in [0.25, 0.3) is 0 Å². The van der Waals surface area contributed by atoms with Gasteiger partial charge in [0.1, 0.15) is 12.6 Å². The maximum atomic E-state index is 14.2. The van der Waals surface area contributed by atoms with Crippen LogP contribution in [-0.2, 0) is 32.6 Å². The second-order valence-corrected chi connectivity index (χ2v) is 13.6. The van der Waals surface area contributed by atoms with Crippen molar-refractivity contribution in [3.63, 3.8) is 0 Å². The van der Waals surface area contributed by atoms with Crippen LogP contribution >= 0.6 is 15.9 Å². The average molecular weight is 641 g/mol. The Labute approximate surface area is 252 Å². The topological polar surface area (TPSA) is 86.8 Å². The van der Waals surface area contributed by atoms with Crippen molar-refractivity contribution in [2.24, 2.45) is 0 Å². The molecule has 0 aromatic heterocycles. The average Bonchev–Trinajstić information content (AvgIpc) is 3.44. The molecule has 1 fully saturated rings. The zero-order valence-electron chi connectivity index (χ0n) is 23.8. The molecule has 2 amide bonds. The summed E-state index contributed by atoms with van der Waals surface area (Å²) in [4.78, 5) is 29.7. The monoisotopic (exact) mass is 639 g/mol. The molecule has 1 aliphatic rings. The van der Waals surface area contributed by atoms with Crippen molar-refractivity contribution in [2.45, 2.75) is 64.6 Å². The Balaban J connectivity index is 1.74. The van der Waals surface area contributed by atoms with Gasteiger partial charge >= 0.3 is 0 Å². The Kier molecular flexibility index (Phi) is 10.3. The molecule has 1 atom stereocenters. The van der Waals surface area contributed by atoms with Crippen molar-refractivity contribution >= 4 is 43.5 Å². The van der Waals surface area contributed by atoms with E-state index in [1.165, 1.54) is 0 Å². The van der Waals surface area contributed by atoms with Gasteiger partial charge in [0.15, 0.2) is 0 Å². The first-order valence-corrected chi connectivity index (χ1v) is 16.6. The molecule has 1 N–H and O–H groups in total. The Morgan fingerprint density at radius 3 is 2.24 bits per heavy atom. The predicted octanol–water partition coefficient (Wildman–Crippen LogP) is 5.53. The molecule has 0 heterocycles. The first kappa shape index (κ1) is 30.8. The van der Waals surface area contributed by atoms with Gasteiger partial charge in [-0.1, -0.05) is 83.4 Å². The molecule has 41 heavy (non-hydrogen) atoms. The van der Waals surface area contributed by atoms with Gasteiger partial charge in [0.2, 0.25) is 21.8 Å². The summed E-state index contributed by atoms with van der Waals surface area (Å²) in [5, 5.41) is 3.19. The third kappa shape index (κ3) is 8.20. The number of amides is 2. The van der Waals surface area contributed by atoms with Crippen molar-refractivity contribution in [3.05, 3.63) is 99.5 Å². The summed E-state index contributed by atoms with van der Waals surface area (Å²) in [5.74, 6) is -0.658. The van der Waals surface area contributed by atoms with Crippen LogP contribution in [-0.4, -0.2) is 50.0 Å². The number of hydrogen-bond acceptors (Lipinski definition) is 4. The van der Waals surface area contributed by atoms with Crippen LogP contribution in [0.5, 0.6) is 0 Å². The smallest absolute Gasteiger partial charge is 0.244 e. The van der Waals surface area contributed by atoms with E-state index in [0.29, 0.717) is 12.1 Å². The fraction of sp³-hybridized carbons (Fsp3) is 0.375. The van der Waals surface area contributed by atoms with Crippen LogP contribution in [0.1, 0.15) is 47.9 Å². The lowest BCUT2D eigenvalue weighted by Crippen LogP contribution is -2.54. The molecule has 0 aliphatic heterocycles. The molecule has 0 bridgehead atoms. The Bertz CT molecular complexity index is 1470. The quantitative estimate of drug-likeness (QED) is 0.299. The summed E-state index contributed by atoms with van der Waals surface area (Å²) in [6.07, 6.45) is 5.37. The van der Waals surface area contributed by atoms with Gasteiger partial charge in [-0.2, -0.15) is 0 Å². The highest BCUT2D eigenvalue weighted by atomic mass is 79.9. The maximum Gasteiger partial charge on any atom is 0.244 e. The molecular formula is C32H38BrN3O4S. The van der Waals surface area contributed by atoms with E-state index < -0.39 is 28.5 Å². The van der Waals surface area contributed by atoms with E-state index in [4.69, 9.17) is 0 Å². The number of rotatable bonds is 11. The lowest BCUT2D eigenvalue weighted by atomic mass is 10.0. The second-order valence-electron chi connectivity index (χ2n) is 10.8. The highest BCUT2D eigenvalue weighted by Crippen LogP contribution is 2.26. The molecule has 4 rings (SSSR count). The Morgan fingerprint density at radius 1 is 0.951 bits per heavy atom. The molecule has 0 radical (unpaired) electrons. The van der Waals surface area contributed by atoms with Gasteiger partial charge in [-0.25, -0.2) is 8.42 Å². The van der Waals surface area contributed by atoms with Gasteiger partial charge < -0.3 is 10.2 Å². The lowest BCUT2D eigenvalue weighted by molar-refractivity contribution is -0.140. The van der Waals surface area contributed by atoms with Crippen molar-refractivity contribution in [2.75, 3.05) is 17.1 Å². The van der Waals surface area contributed by atoms with Gasteiger partial charge in [0.05, 0.1) is 11.9 Å². The first-order chi connectivity index (χ1) is 19.5. The number of hydrogen-bond donors (Lipinski definition) is 1. The lowest BCUT2D eigenvalue weighted by Gasteiger charge is -2.34. The van der Waals surface area contributed by atoms with E-state index in [9.17, 15) is 18.0 Å². The molecule has 0 saturated heterocycles. The second kappa shape index (κ2) is 13.7. The number of sulfonamides is 1. The number of aryl methyl sites for hydroxylation is 2. The molecule has 0 spiro atoms. The number of nitrogens with one attached hydrogen (secondary N) is 1. The number of anilines is 1. The third-order valence-corrected chi connectivity index (χ3v) is 9.71. The maximum absolute atomic E-state index is 14.2. The minimum absolute atomic E-state index is 0.0782. The number of carbonyl (C=O) groups excluding carboxylic acids is 2. The molecule has 7 nitrogen and oxygen atoms in total. The molecular weight excluding hydrogens is 602 g/mol. The summed E-state index contributed by atoms with van der Waals surface area (Å²) in [6.45, 7) is 3.59. The van der Waals surface area contributed by atoms with Crippen molar-refractivity contribution in [1.29, 1.82) is 0 Å². The number of halogens is 1. The fourth-order valence-corrected chi connectivity index (χ4v) is 6.38. The van der Waals surface area contributed by atoms with Crippen molar-refractivity contribution in [1.82, 2.24) is 10.2 Å². The van der Waals surface area contributed by atoms with Gasteiger partial charge in [0, 0.05) is 23.5 Å². The number of nitrogens with zero attached hydrogens (tertiary/aromatic N) is 2. The minimum atomic E-state index is -3.81. The van der Waals surface area contributed by atoms with Crippen LogP contribution in [0.3, 0.4) is 0 Å². The zero-order chi connectivity index (χ0) is 29.6. The molecule has 9 heteroatoms. The predicted molar refractivity (Wildman–Crippen MR) is 167 cm³/mol. The van der Waals surface area contributed by atoms with Crippen LogP contribution in [0.4, 0.5) is 5.69 Å². The zero-order valence-corrected chi connectivity index (χ0v) is 26.2. The van der Waals surface area contributed by atoms with Gasteiger partial charge in [-0.3, -0.25) is 13.9 Å². The Morgan fingerprint density at radius 2 is 1.61 bits per heavy atom. The highest BCUT2D eigenvalue weighted by molar-refractivity contribution is 9.10.